The lowest BCUT2D eigenvalue weighted by atomic mass is 9.73. The first-order valence-corrected chi connectivity index (χ1v) is 11.2. The largest absolute Gasteiger partial charge is 0.384 e. The summed E-state index contributed by atoms with van der Waals surface area (Å²) in [5, 5.41) is 0. The Morgan fingerprint density at radius 2 is 2.06 bits per heavy atom. The minimum atomic E-state index is -0.0771. The van der Waals surface area contributed by atoms with E-state index in [1.807, 2.05) is 0 Å². The Morgan fingerprint density at radius 3 is 2.81 bits per heavy atom. The Labute approximate surface area is 183 Å². The van der Waals surface area contributed by atoms with Crippen LogP contribution in [0.1, 0.15) is 42.0 Å². The first-order valence-electron chi connectivity index (χ1n) is 11.2. The molecule has 1 saturated carbocycles. The van der Waals surface area contributed by atoms with E-state index < -0.39 is 0 Å². The van der Waals surface area contributed by atoms with Crippen LogP contribution in [0, 0.1) is 29.1 Å². The number of methoxy groups -OCH3 is 1. The molecule has 2 unspecified atom stereocenters. The second-order valence-corrected chi connectivity index (χ2v) is 9.37. The molecule has 6 heteroatoms. The van der Waals surface area contributed by atoms with E-state index in [-0.39, 0.29) is 17.0 Å². The fourth-order valence-electron chi connectivity index (χ4n) is 5.37. The number of hydrogen-bond acceptors (Lipinski definition) is 5. The van der Waals surface area contributed by atoms with Gasteiger partial charge in [-0.1, -0.05) is 36.1 Å². The van der Waals surface area contributed by atoms with Gasteiger partial charge >= 0.3 is 0 Å². The van der Waals surface area contributed by atoms with Crippen molar-refractivity contribution in [2.24, 2.45) is 30.0 Å². The van der Waals surface area contributed by atoms with Gasteiger partial charge in [0, 0.05) is 39.2 Å². The van der Waals surface area contributed by atoms with Crippen LogP contribution in [0.25, 0.3) is 0 Å². The molecular weight excluding hydrogens is 388 g/mol. The van der Waals surface area contributed by atoms with Gasteiger partial charge in [0.25, 0.3) is 5.56 Å². The number of ether oxygens (including phenoxy) is 1. The molecule has 3 aliphatic rings. The Morgan fingerprint density at radius 1 is 1.29 bits per heavy atom. The van der Waals surface area contributed by atoms with Crippen molar-refractivity contribution in [1.82, 2.24) is 9.55 Å². The van der Waals surface area contributed by atoms with Crippen LogP contribution in [0.15, 0.2) is 35.3 Å². The third-order valence-electron chi connectivity index (χ3n) is 7.47. The van der Waals surface area contributed by atoms with Gasteiger partial charge in [0.1, 0.15) is 5.56 Å². The molecule has 2 fully saturated rings. The van der Waals surface area contributed by atoms with Gasteiger partial charge < -0.3 is 15.4 Å². The summed E-state index contributed by atoms with van der Waals surface area (Å²) in [6.07, 6.45) is 5.74. The Hall–Kier alpha value is -2.62. The minimum Gasteiger partial charge on any atom is -0.384 e. The van der Waals surface area contributed by atoms with Gasteiger partial charge in [-0.15, -0.1) is 0 Å². The molecule has 0 amide bonds. The maximum absolute atomic E-state index is 12.9. The number of rotatable bonds is 3. The first-order chi connectivity index (χ1) is 15.0. The molecule has 1 aromatic carbocycles. The van der Waals surface area contributed by atoms with Crippen LogP contribution in [0.3, 0.4) is 0 Å². The third-order valence-corrected chi connectivity index (χ3v) is 7.47. The number of piperidine rings is 1. The zero-order valence-electron chi connectivity index (χ0n) is 18.3. The van der Waals surface area contributed by atoms with E-state index in [1.165, 1.54) is 11.1 Å². The summed E-state index contributed by atoms with van der Waals surface area (Å²) in [5.41, 5.74) is 9.89. The molecule has 5 rings (SSSR count). The van der Waals surface area contributed by atoms with Gasteiger partial charge in [0.05, 0.1) is 12.8 Å². The number of nitrogens with two attached hydrogens (primary N) is 1. The van der Waals surface area contributed by atoms with Crippen molar-refractivity contribution < 1.29 is 4.74 Å². The molecule has 31 heavy (non-hydrogen) atoms. The van der Waals surface area contributed by atoms with Crippen LogP contribution >= 0.6 is 0 Å². The van der Waals surface area contributed by atoms with Crippen molar-refractivity contribution in [2.45, 2.75) is 31.7 Å². The van der Waals surface area contributed by atoms with Crippen molar-refractivity contribution >= 4 is 5.95 Å². The number of aromatic nitrogens is 2. The second-order valence-electron chi connectivity index (χ2n) is 9.37. The van der Waals surface area contributed by atoms with Gasteiger partial charge in [-0.25, -0.2) is 4.98 Å². The average molecular weight is 419 g/mol. The minimum absolute atomic E-state index is 0.0771. The maximum atomic E-state index is 12.9. The molecule has 2 aliphatic carbocycles. The van der Waals surface area contributed by atoms with E-state index in [9.17, 15) is 4.79 Å². The predicted molar refractivity (Wildman–Crippen MR) is 121 cm³/mol. The number of benzene rings is 1. The van der Waals surface area contributed by atoms with Crippen LogP contribution in [0.5, 0.6) is 0 Å². The molecule has 6 nitrogen and oxygen atoms in total. The Bertz CT molecular complexity index is 1100. The lowest BCUT2D eigenvalue weighted by Crippen LogP contribution is -2.46. The van der Waals surface area contributed by atoms with Crippen LogP contribution in [0.4, 0.5) is 5.95 Å². The Balaban J connectivity index is 1.29. The topological polar surface area (TPSA) is 73.4 Å². The van der Waals surface area contributed by atoms with Gasteiger partial charge in [0.2, 0.25) is 5.95 Å². The highest BCUT2D eigenvalue weighted by Crippen LogP contribution is 2.50. The lowest BCUT2D eigenvalue weighted by molar-refractivity contribution is 0.183. The summed E-state index contributed by atoms with van der Waals surface area (Å²) in [7, 11) is 3.51. The summed E-state index contributed by atoms with van der Waals surface area (Å²) in [4.78, 5) is 19.7. The van der Waals surface area contributed by atoms with Crippen molar-refractivity contribution in [3.63, 3.8) is 0 Å². The van der Waals surface area contributed by atoms with E-state index in [2.05, 4.69) is 46.0 Å². The third kappa shape index (κ3) is 3.56. The molecule has 1 saturated heterocycles. The summed E-state index contributed by atoms with van der Waals surface area (Å²) in [6, 6.07) is 8.65. The molecule has 0 radical (unpaired) electrons. The standard InChI is InChI=1S/C25H30N4O2/c1-28-23(30)19(8-7-17-13-20(17)16-31-2)15-27-24(28)29-11-9-25(10-12-29)14-18-5-3-4-6-21(18)22(25)26/h3-6,15,17,20,22H,9-14,16,26H2,1-2H3/t17?,20?,22-/m1/s1. The Kier molecular flexibility index (Phi) is 5.11. The maximum Gasteiger partial charge on any atom is 0.270 e. The van der Waals surface area contributed by atoms with E-state index >= 15 is 0 Å². The molecular formula is C25H30N4O2. The van der Waals surface area contributed by atoms with Crippen LogP contribution in [0.2, 0.25) is 0 Å². The summed E-state index contributed by atoms with van der Waals surface area (Å²) >= 11 is 0. The molecule has 1 aliphatic heterocycles. The second kappa shape index (κ2) is 7.81. The van der Waals surface area contributed by atoms with Crippen LogP contribution < -0.4 is 16.2 Å². The first kappa shape index (κ1) is 20.3. The highest BCUT2D eigenvalue weighted by molar-refractivity contribution is 5.42. The van der Waals surface area contributed by atoms with Crippen LogP contribution in [-0.2, 0) is 18.2 Å². The monoisotopic (exact) mass is 418 g/mol. The zero-order valence-corrected chi connectivity index (χ0v) is 18.3. The number of anilines is 1. The van der Waals surface area contributed by atoms with Crippen molar-refractivity contribution in [3.8, 4) is 11.8 Å². The van der Waals surface area contributed by atoms with Gasteiger partial charge in [-0.05, 0) is 48.1 Å². The molecule has 1 aromatic heterocycles. The fourth-order valence-corrected chi connectivity index (χ4v) is 5.37. The quantitative estimate of drug-likeness (QED) is 0.774. The van der Waals surface area contributed by atoms with E-state index in [0.29, 0.717) is 17.4 Å². The van der Waals surface area contributed by atoms with Crippen molar-refractivity contribution in [2.75, 3.05) is 31.7 Å². The number of nitrogens with zero attached hydrogens (tertiary/aromatic N) is 3. The summed E-state index contributed by atoms with van der Waals surface area (Å²) in [5.74, 6) is 7.82. The molecule has 2 aromatic rings. The highest BCUT2D eigenvalue weighted by Gasteiger charge is 2.46. The van der Waals surface area contributed by atoms with Crippen molar-refractivity contribution in [3.05, 3.63) is 57.5 Å². The zero-order chi connectivity index (χ0) is 21.6. The van der Waals surface area contributed by atoms with Gasteiger partial charge in [-0.2, -0.15) is 0 Å². The molecule has 3 atom stereocenters. The van der Waals surface area contributed by atoms with Crippen LogP contribution in [-0.4, -0.2) is 36.4 Å². The van der Waals surface area contributed by atoms with E-state index in [0.717, 1.165) is 51.3 Å². The van der Waals surface area contributed by atoms with Gasteiger partial charge in [0.15, 0.2) is 0 Å². The summed E-state index contributed by atoms with van der Waals surface area (Å²) < 4.78 is 6.82. The molecule has 1 spiro atoms. The molecule has 2 N–H and O–H groups in total. The predicted octanol–water partition coefficient (Wildman–Crippen LogP) is 2.26. The van der Waals surface area contributed by atoms with E-state index in [4.69, 9.17) is 10.5 Å². The molecule has 0 bridgehead atoms. The highest BCUT2D eigenvalue weighted by atomic mass is 16.5. The summed E-state index contributed by atoms with van der Waals surface area (Å²) in [6.45, 7) is 2.45. The SMILES string of the molecule is COCC1CC1C#Cc1cnc(N2CCC3(CC2)Cc2ccccc2[C@H]3N)n(C)c1=O. The average Bonchev–Trinajstić information content (AvgIpc) is 3.47. The van der Waals surface area contributed by atoms with E-state index in [1.54, 1.807) is 24.9 Å². The number of hydrogen-bond donors (Lipinski definition) is 1. The molecule has 2 heterocycles. The molecule has 162 valence electrons. The normalized spacial score (nSPS) is 25.8. The number of fused-ring (bicyclic) bond motifs is 1. The smallest absolute Gasteiger partial charge is 0.270 e. The van der Waals surface area contributed by atoms with Crippen molar-refractivity contribution in [1.29, 1.82) is 0 Å². The fraction of sp³-hybridized carbons (Fsp3) is 0.520. The van der Waals surface area contributed by atoms with Gasteiger partial charge in [-0.3, -0.25) is 9.36 Å². The lowest BCUT2D eigenvalue weighted by Gasteiger charge is -2.42.